The fourth-order valence-electron chi connectivity index (χ4n) is 24.1. The number of thiophene rings is 1. The second kappa shape index (κ2) is 5.15. The summed E-state index contributed by atoms with van der Waals surface area (Å²) in [5.74, 6) is 0.284. The van der Waals surface area contributed by atoms with Crippen LogP contribution in [0.1, 0.15) is 33.0 Å². The van der Waals surface area contributed by atoms with Gasteiger partial charge in [-0.15, -0.1) is 11.3 Å². The molecule has 0 saturated heterocycles. The molecular weight excluding hydrogens is 801 g/mol. The van der Waals surface area contributed by atoms with Gasteiger partial charge in [0.2, 0.25) is 0 Å². The Labute approximate surface area is 356 Å². The van der Waals surface area contributed by atoms with Crippen molar-refractivity contribution in [2.45, 2.75) is 11.3 Å². The van der Waals surface area contributed by atoms with E-state index in [0.29, 0.717) is 0 Å². The Kier molecular flexibility index (Phi) is 1.84. The topological polar surface area (TPSA) is 0 Å². The molecule has 2 atom stereocenters. The molecule has 28 aromatic carbocycles. The third kappa shape index (κ3) is 1.20. The van der Waals surface area contributed by atoms with Crippen LogP contribution >= 0.6 is 11.3 Å². The highest BCUT2D eigenvalue weighted by molar-refractivity contribution is 7.10. The first kappa shape index (κ1) is 23.2. The van der Waals surface area contributed by atoms with Crippen LogP contribution in [0.5, 0.6) is 0 Å². The maximum absolute atomic E-state index is 2.62. The second-order valence-corrected chi connectivity index (χ2v) is 25.0. The third-order valence-corrected chi connectivity index (χ3v) is 25.0. The van der Waals surface area contributed by atoms with Crippen molar-refractivity contribution in [1.29, 1.82) is 0 Å². The Hall–Kier alpha value is -7.84. The molecule has 266 valence electrons. The van der Waals surface area contributed by atoms with Crippen LogP contribution < -0.4 is 0 Å². The lowest BCUT2D eigenvalue weighted by molar-refractivity contribution is 0.591. The van der Waals surface area contributed by atoms with Gasteiger partial charge in [0.05, 0.1) is 5.41 Å². The first-order chi connectivity index (χ1) is 32.5. The summed E-state index contributed by atoms with van der Waals surface area (Å²) >= 11 is 2.09. The lowest BCUT2D eigenvalue weighted by Gasteiger charge is -2.43. The average Bonchev–Trinajstić information content (AvgIpc) is 4.14. The summed E-state index contributed by atoms with van der Waals surface area (Å²) in [4.78, 5) is 1.61. The third-order valence-electron chi connectivity index (χ3n) is 24.0. The lowest BCUT2D eigenvalue weighted by Crippen LogP contribution is -2.36. The Morgan fingerprint density at radius 1 is 0.231 bits per heavy atom. The van der Waals surface area contributed by atoms with E-state index in [9.17, 15) is 0 Å². The van der Waals surface area contributed by atoms with Gasteiger partial charge in [0, 0.05) is 10.8 Å². The molecule has 65 heavy (non-hydrogen) atoms. The fourth-order valence-corrected chi connectivity index (χ4v) is 25.0. The molecule has 0 bridgehead atoms. The van der Waals surface area contributed by atoms with Crippen LogP contribution in [-0.4, -0.2) is 0 Å². The summed E-state index contributed by atoms with van der Waals surface area (Å²) in [6.07, 6.45) is 0. The Morgan fingerprint density at radius 3 is 0.738 bits per heavy atom. The summed E-state index contributed by atoms with van der Waals surface area (Å²) in [6, 6.07) is 5.04. The molecule has 1 heterocycles. The molecule has 4 aliphatic rings. The molecule has 0 saturated carbocycles. The molecular formula is C64H4S. The Bertz CT molecular complexity index is 7240. The van der Waals surface area contributed by atoms with Gasteiger partial charge in [-0.05, 0) is 325 Å². The van der Waals surface area contributed by atoms with Crippen LogP contribution in [0.3, 0.4) is 0 Å². The second-order valence-electron chi connectivity index (χ2n) is 24.0. The molecule has 1 aromatic heterocycles. The molecule has 0 spiro atoms. The minimum Gasteiger partial charge on any atom is -0.148 e. The summed E-state index contributed by atoms with van der Waals surface area (Å²) < 4.78 is 0. The zero-order valence-electron chi connectivity index (χ0n) is 32.7. The van der Waals surface area contributed by atoms with Gasteiger partial charge in [0.1, 0.15) is 0 Å². The molecule has 0 aliphatic heterocycles. The van der Waals surface area contributed by atoms with E-state index >= 15 is 0 Å². The van der Waals surface area contributed by atoms with Crippen molar-refractivity contribution in [2.75, 3.05) is 0 Å². The van der Waals surface area contributed by atoms with E-state index in [4.69, 9.17) is 0 Å². The minimum atomic E-state index is -0.250. The van der Waals surface area contributed by atoms with E-state index in [2.05, 4.69) is 28.8 Å². The molecule has 0 nitrogen and oxygen atoms in total. The van der Waals surface area contributed by atoms with Gasteiger partial charge < -0.3 is 0 Å². The SMILES string of the molecule is c1csc(C23c4c5c6c7c8c9c(c%10c%11c2c2c%12c4c4c%13c5c5c7c7c8c8c%14c9c%10c9c%10c%11c2c2c%11c%12c4c4c%12c%13c5c5c7c7c8c8c%14c9c9c%10c2c2c%11c4c4c%12c5c7c5c8c9c2c45)C63)c1. The van der Waals surface area contributed by atoms with Crippen LogP contribution in [0.4, 0.5) is 0 Å². The average molecular weight is 805 g/mol. The zero-order chi connectivity index (χ0) is 38.0. The normalized spacial score (nSPS) is 21.4. The van der Waals surface area contributed by atoms with Gasteiger partial charge in [0.25, 0.3) is 0 Å². The smallest absolute Gasteiger partial charge is 0.0679 e. The highest BCUT2D eigenvalue weighted by atomic mass is 32.1. The van der Waals surface area contributed by atoms with Crippen molar-refractivity contribution in [3.63, 3.8) is 0 Å². The van der Waals surface area contributed by atoms with E-state index in [1.165, 1.54) is 0 Å². The highest BCUT2D eigenvalue weighted by Gasteiger charge is 2.64. The van der Waals surface area contributed by atoms with Gasteiger partial charge in [-0.1, -0.05) is 6.07 Å². The first-order valence-corrected chi connectivity index (χ1v) is 25.1. The standard InChI is InChI=1S/C64H4S/c1-2-4(65-3-1)64-61-57-51-37-29-21-9-6-5-7-10(9)22-24-20-14(7)16-12-8(5)11-15-13(6)19-23(21)35(37)43-41-27(19)25(15)33-31-17(11)18(12)32-34-26(16)28(20)42-44-36(24)38(30(22)29)52(51)58(61)54(44)56-48(42)46(34)50-40(32)39(31)49-45(33)47(41)55(53(43)57)62(64)59(49)60(50)63(56)64/h1-3,62H. The van der Waals surface area contributed by atoms with Crippen molar-refractivity contribution >= 4 is 302 Å². The van der Waals surface area contributed by atoms with Gasteiger partial charge in [-0.2, -0.15) is 0 Å². The van der Waals surface area contributed by atoms with E-state index in [1.54, 1.807) is 318 Å². The quantitative estimate of drug-likeness (QED) is 0.145. The van der Waals surface area contributed by atoms with Crippen LogP contribution in [-0.2, 0) is 5.41 Å². The van der Waals surface area contributed by atoms with E-state index in [1.807, 2.05) is 0 Å². The Morgan fingerprint density at radius 2 is 0.431 bits per heavy atom. The van der Waals surface area contributed by atoms with Crippen molar-refractivity contribution in [2.24, 2.45) is 0 Å². The molecule has 4 aliphatic carbocycles. The largest absolute Gasteiger partial charge is 0.148 e. The predicted molar refractivity (Wildman–Crippen MR) is 278 cm³/mol. The van der Waals surface area contributed by atoms with Crippen LogP contribution in [0.15, 0.2) is 17.5 Å². The predicted octanol–water partition coefficient (Wildman–Crippen LogP) is 18.2. The van der Waals surface area contributed by atoms with Crippen molar-refractivity contribution in [3.05, 3.63) is 44.6 Å². The van der Waals surface area contributed by atoms with Crippen molar-refractivity contribution in [1.82, 2.24) is 0 Å². The van der Waals surface area contributed by atoms with Gasteiger partial charge in [0.15, 0.2) is 0 Å². The summed E-state index contributed by atoms with van der Waals surface area (Å²) in [7, 11) is 0. The lowest BCUT2D eigenvalue weighted by atomic mass is 9.58. The van der Waals surface area contributed by atoms with Crippen molar-refractivity contribution in [3.8, 4) is 0 Å². The minimum absolute atomic E-state index is 0.250. The van der Waals surface area contributed by atoms with Gasteiger partial charge in [-0.25, -0.2) is 0 Å². The van der Waals surface area contributed by atoms with Gasteiger partial charge in [-0.3, -0.25) is 0 Å². The monoisotopic (exact) mass is 804 g/mol. The molecule has 0 radical (unpaired) electrons. The molecule has 0 N–H and O–H groups in total. The summed E-state index contributed by atoms with van der Waals surface area (Å²) in [5, 5.41) is 93.0. The van der Waals surface area contributed by atoms with Crippen LogP contribution in [0.2, 0.25) is 0 Å². The fraction of sp³-hybridized carbons (Fsp3) is 0.0312. The molecule has 1 heteroatoms. The number of hydrogen-bond acceptors (Lipinski definition) is 1. The maximum atomic E-state index is 2.62. The summed E-state index contributed by atoms with van der Waals surface area (Å²) in [5.41, 5.74) is 6.76. The molecule has 2 unspecified atom stereocenters. The van der Waals surface area contributed by atoms with Crippen molar-refractivity contribution < 1.29 is 0 Å². The number of hydrogen-bond donors (Lipinski definition) is 0. The molecule has 0 fully saturated rings. The van der Waals surface area contributed by atoms with Crippen LogP contribution in [0.25, 0.3) is 291 Å². The molecule has 0 amide bonds. The number of benzene rings is 17. The van der Waals surface area contributed by atoms with E-state index in [0.717, 1.165) is 0 Å². The molecule has 33 rings (SSSR count). The molecule has 29 aromatic rings. The zero-order valence-corrected chi connectivity index (χ0v) is 33.5. The van der Waals surface area contributed by atoms with E-state index in [-0.39, 0.29) is 11.3 Å². The van der Waals surface area contributed by atoms with Gasteiger partial charge >= 0.3 is 0 Å². The summed E-state index contributed by atoms with van der Waals surface area (Å²) in [6.45, 7) is 0. The maximum Gasteiger partial charge on any atom is 0.0679 e. The first-order valence-electron chi connectivity index (χ1n) is 24.3. The number of rotatable bonds is 1. The van der Waals surface area contributed by atoms with E-state index < -0.39 is 0 Å². The highest BCUT2D eigenvalue weighted by Crippen LogP contribution is 2.84. The Balaban J connectivity index is 1.27. The van der Waals surface area contributed by atoms with Crippen LogP contribution in [0, 0.1) is 0 Å².